The molecule has 120 valence electrons. The Morgan fingerprint density at radius 1 is 0.727 bits per heavy atom. The molecule has 0 aromatic carbocycles. The molecule has 0 aromatic rings. The Morgan fingerprint density at radius 2 is 1.09 bits per heavy atom. The lowest BCUT2D eigenvalue weighted by Crippen LogP contribution is -2.49. The number of nitrogens with zero attached hydrogens (tertiary/aromatic N) is 2. The molecule has 2 fully saturated rings. The van der Waals surface area contributed by atoms with Crippen molar-refractivity contribution in [2.75, 3.05) is 13.1 Å². The van der Waals surface area contributed by atoms with Crippen LogP contribution in [0.1, 0.15) is 64.2 Å². The Morgan fingerprint density at radius 3 is 1.41 bits per heavy atom. The van der Waals surface area contributed by atoms with Crippen LogP contribution in [-0.2, 0) is 14.4 Å². The molecule has 0 N–H and O–H groups in total. The molecule has 0 radical (unpaired) electrons. The van der Waals surface area contributed by atoms with Gasteiger partial charge in [-0.05, 0) is 25.7 Å². The average molecular weight is 304 g/mol. The molecule has 2 saturated carbocycles. The number of carbonyl (C=O) groups excluding carboxylic acids is 3. The smallest absolute Gasteiger partial charge is 0.234 e. The number of rotatable bonds is 6. The second kappa shape index (κ2) is 7.62. The van der Waals surface area contributed by atoms with E-state index in [0.717, 1.165) is 64.2 Å². The zero-order valence-electron chi connectivity index (χ0n) is 13.1. The first kappa shape index (κ1) is 16.8. The van der Waals surface area contributed by atoms with E-state index in [0.29, 0.717) is 0 Å². The van der Waals surface area contributed by atoms with Gasteiger partial charge in [0.25, 0.3) is 0 Å². The van der Waals surface area contributed by atoms with Crippen LogP contribution in [0.2, 0.25) is 0 Å². The summed E-state index contributed by atoms with van der Waals surface area (Å²) >= 11 is 0. The van der Waals surface area contributed by atoms with Crippen LogP contribution in [0.3, 0.4) is 0 Å². The minimum Gasteiger partial charge on any atom is -0.298 e. The molecular formula is C17H24N2O3. The minimum atomic E-state index is -0.550. The highest BCUT2D eigenvalue weighted by Crippen LogP contribution is 2.48. The van der Waals surface area contributed by atoms with Crippen molar-refractivity contribution in [1.82, 2.24) is 0 Å². The number of hydrogen-bond acceptors (Lipinski definition) is 5. The number of ketones is 1. The van der Waals surface area contributed by atoms with E-state index in [-0.39, 0.29) is 18.9 Å². The molecule has 0 spiro atoms. The van der Waals surface area contributed by atoms with E-state index in [4.69, 9.17) is 0 Å². The third-order valence-electron chi connectivity index (χ3n) is 5.48. The van der Waals surface area contributed by atoms with E-state index in [1.54, 1.807) is 12.2 Å². The predicted octanol–water partition coefficient (Wildman–Crippen LogP) is 3.13. The summed E-state index contributed by atoms with van der Waals surface area (Å²) in [5.41, 5.74) is -1.10. The summed E-state index contributed by atoms with van der Waals surface area (Å²) in [6.07, 6.45) is 12.5. The number of Topliss-reactive ketones (excluding diaryl/α,β-unsaturated/α-hetero) is 1. The van der Waals surface area contributed by atoms with Gasteiger partial charge < -0.3 is 0 Å². The summed E-state index contributed by atoms with van der Waals surface area (Å²) in [5, 5.41) is 0. The topological polar surface area (TPSA) is 75.9 Å². The second-order valence-corrected chi connectivity index (χ2v) is 6.83. The van der Waals surface area contributed by atoms with Crippen LogP contribution in [0.5, 0.6) is 0 Å². The van der Waals surface area contributed by atoms with Gasteiger partial charge in [-0.2, -0.15) is 0 Å². The molecule has 0 bridgehead atoms. The highest BCUT2D eigenvalue weighted by molar-refractivity contribution is 5.91. The third-order valence-corrected chi connectivity index (χ3v) is 5.48. The van der Waals surface area contributed by atoms with Gasteiger partial charge in [-0.25, -0.2) is 19.6 Å². The van der Waals surface area contributed by atoms with Crippen molar-refractivity contribution >= 4 is 17.9 Å². The van der Waals surface area contributed by atoms with Crippen molar-refractivity contribution in [3.63, 3.8) is 0 Å². The number of aliphatic imine (C=N–C) groups is 2. The van der Waals surface area contributed by atoms with Gasteiger partial charge in [-0.1, -0.05) is 38.5 Å². The molecule has 0 heterocycles. The lowest BCUT2D eigenvalue weighted by Gasteiger charge is -2.44. The summed E-state index contributed by atoms with van der Waals surface area (Å²) in [7, 11) is 0. The van der Waals surface area contributed by atoms with E-state index in [1.165, 1.54) is 0 Å². The Kier molecular flexibility index (Phi) is 5.82. The van der Waals surface area contributed by atoms with Crippen molar-refractivity contribution in [1.29, 1.82) is 0 Å². The largest absolute Gasteiger partial charge is 0.298 e. The van der Waals surface area contributed by atoms with Crippen LogP contribution in [0.15, 0.2) is 9.98 Å². The summed E-state index contributed by atoms with van der Waals surface area (Å²) < 4.78 is 0. The summed E-state index contributed by atoms with van der Waals surface area (Å²) in [4.78, 5) is 42.1. The van der Waals surface area contributed by atoms with Crippen LogP contribution in [0.4, 0.5) is 0 Å². The van der Waals surface area contributed by atoms with Gasteiger partial charge in [0.15, 0.2) is 0 Å². The standard InChI is InChI=1S/C17H24N2O3/c20-13-18-11-16(7-3-1-4-8-16)15(22)17(12-19-14-21)9-5-2-6-10-17/h1-12H2. The molecule has 0 aromatic heterocycles. The van der Waals surface area contributed by atoms with Gasteiger partial charge in [0.2, 0.25) is 12.2 Å². The lowest BCUT2D eigenvalue weighted by molar-refractivity contribution is -0.142. The van der Waals surface area contributed by atoms with Gasteiger partial charge >= 0.3 is 0 Å². The molecule has 5 nitrogen and oxygen atoms in total. The van der Waals surface area contributed by atoms with E-state index >= 15 is 0 Å². The maximum absolute atomic E-state index is 13.4. The van der Waals surface area contributed by atoms with Crippen molar-refractivity contribution in [2.45, 2.75) is 64.2 Å². The van der Waals surface area contributed by atoms with E-state index in [2.05, 4.69) is 9.98 Å². The molecule has 0 unspecified atom stereocenters. The van der Waals surface area contributed by atoms with Gasteiger partial charge in [0.1, 0.15) is 5.78 Å². The fraction of sp³-hybridized carbons (Fsp3) is 0.824. The zero-order valence-corrected chi connectivity index (χ0v) is 13.1. The van der Waals surface area contributed by atoms with Gasteiger partial charge in [-0.3, -0.25) is 4.79 Å². The van der Waals surface area contributed by atoms with Crippen molar-refractivity contribution in [3.05, 3.63) is 0 Å². The SMILES string of the molecule is O=C=NCC1(C(=O)C2(CN=C=O)CCCCC2)CCCCC1. The molecule has 22 heavy (non-hydrogen) atoms. The molecule has 0 atom stereocenters. The van der Waals surface area contributed by atoms with Crippen LogP contribution in [0.25, 0.3) is 0 Å². The molecule has 0 saturated heterocycles. The predicted molar refractivity (Wildman–Crippen MR) is 82.0 cm³/mol. The molecule has 0 aliphatic heterocycles. The van der Waals surface area contributed by atoms with Crippen molar-refractivity contribution in [2.24, 2.45) is 20.8 Å². The Hall–Kier alpha value is -1.57. The summed E-state index contributed by atoms with van der Waals surface area (Å²) in [6, 6.07) is 0. The molecule has 0 amide bonds. The number of carbonyl (C=O) groups is 1. The summed E-state index contributed by atoms with van der Waals surface area (Å²) in [5.74, 6) is 0.178. The highest BCUT2D eigenvalue weighted by atomic mass is 16.1. The highest BCUT2D eigenvalue weighted by Gasteiger charge is 2.50. The molecule has 2 rings (SSSR count). The molecule has 2 aliphatic rings. The van der Waals surface area contributed by atoms with Crippen LogP contribution in [-0.4, -0.2) is 31.0 Å². The Balaban J connectivity index is 2.32. The van der Waals surface area contributed by atoms with Gasteiger partial charge in [0.05, 0.1) is 23.9 Å². The van der Waals surface area contributed by atoms with Gasteiger partial charge in [-0.15, -0.1) is 0 Å². The van der Waals surface area contributed by atoms with Crippen LogP contribution >= 0.6 is 0 Å². The normalized spacial score (nSPS) is 22.9. The van der Waals surface area contributed by atoms with E-state index < -0.39 is 10.8 Å². The van der Waals surface area contributed by atoms with Gasteiger partial charge in [0, 0.05) is 0 Å². The molecular weight excluding hydrogens is 280 g/mol. The maximum atomic E-state index is 13.4. The monoisotopic (exact) mass is 304 g/mol. The third kappa shape index (κ3) is 3.43. The van der Waals surface area contributed by atoms with Crippen LogP contribution < -0.4 is 0 Å². The van der Waals surface area contributed by atoms with E-state index in [9.17, 15) is 14.4 Å². The fourth-order valence-electron chi connectivity index (χ4n) is 4.30. The summed E-state index contributed by atoms with van der Waals surface area (Å²) in [6.45, 7) is 0.476. The average Bonchev–Trinajstić information content (AvgIpc) is 2.59. The van der Waals surface area contributed by atoms with E-state index in [1.807, 2.05) is 0 Å². The molecule has 5 heteroatoms. The fourth-order valence-corrected chi connectivity index (χ4v) is 4.30. The molecule has 2 aliphatic carbocycles. The van der Waals surface area contributed by atoms with Crippen molar-refractivity contribution < 1.29 is 14.4 Å². The first-order valence-corrected chi connectivity index (χ1v) is 8.31. The maximum Gasteiger partial charge on any atom is 0.234 e. The second-order valence-electron chi connectivity index (χ2n) is 6.83. The number of isocyanates is 2. The lowest BCUT2D eigenvalue weighted by atomic mass is 9.59. The number of hydrogen-bond donors (Lipinski definition) is 0. The first-order valence-electron chi connectivity index (χ1n) is 8.31. The minimum absolute atomic E-state index is 0.178. The quantitative estimate of drug-likeness (QED) is 0.559. The zero-order chi connectivity index (χ0) is 15.9. The Bertz CT molecular complexity index is 446. The first-order chi connectivity index (χ1) is 10.7. The van der Waals surface area contributed by atoms with Crippen molar-refractivity contribution in [3.8, 4) is 0 Å². The van der Waals surface area contributed by atoms with Crippen LogP contribution in [0, 0.1) is 10.8 Å². The Labute approximate surface area is 131 Å².